The second-order valence-corrected chi connectivity index (χ2v) is 5.91. The second-order valence-electron chi connectivity index (χ2n) is 4.54. The van der Waals surface area contributed by atoms with Crippen molar-refractivity contribution < 1.29 is 47.9 Å². The molecule has 0 radical (unpaired) electrons. The van der Waals surface area contributed by atoms with E-state index in [9.17, 15) is 13.2 Å². The number of rotatable bonds is 1. The molecule has 3 aromatic carbocycles. The van der Waals surface area contributed by atoms with Crippen LogP contribution < -0.4 is 4.74 Å². The van der Waals surface area contributed by atoms with Crippen LogP contribution in [-0.4, -0.2) is 25.6 Å². The monoisotopic (exact) mass is 428 g/mol. The third kappa shape index (κ3) is 7.97. The number of ether oxygens (including phenoxy) is 1. The zero-order valence-electron chi connectivity index (χ0n) is 13.5. The van der Waals surface area contributed by atoms with Gasteiger partial charge in [0.25, 0.3) is 0 Å². The van der Waals surface area contributed by atoms with Crippen molar-refractivity contribution in [2.24, 2.45) is 0 Å². The first-order valence-corrected chi connectivity index (χ1v) is 8.28. The topological polar surface area (TPSA) is 66.4 Å². The number of halogens is 3. The van der Waals surface area contributed by atoms with Crippen molar-refractivity contribution in [2.45, 2.75) is 5.51 Å². The van der Waals surface area contributed by atoms with Gasteiger partial charge < -0.3 is 9.29 Å². The zero-order valence-corrected chi connectivity index (χ0v) is 15.4. The minimum absolute atomic E-state index is 0. The van der Waals surface area contributed by atoms with Gasteiger partial charge in [-0.1, -0.05) is 36.4 Å². The molecule has 3 rings (SSSR count). The van der Waals surface area contributed by atoms with Crippen molar-refractivity contribution in [1.29, 1.82) is 0 Å². The molecule has 0 aliphatic heterocycles. The predicted molar refractivity (Wildman–Crippen MR) is 88.3 cm³/mol. The van der Waals surface area contributed by atoms with Crippen LogP contribution in [0.25, 0.3) is 10.8 Å². The smallest absolute Gasteiger partial charge is 0.741 e. The summed E-state index contributed by atoms with van der Waals surface area (Å²) in [6, 6.07) is 24.2. The van der Waals surface area contributed by atoms with Gasteiger partial charge in [0.1, 0.15) is 5.75 Å². The Labute approximate surface area is 160 Å². The summed E-state index contributed by atoms with van der Waals surface area (Å²) in [7, 11) is -4.39. The Morgan fingerprint density at radius 2 is 1.46 bits per heavy atom. The maximum Gasteiger partial charge on any atom is 2.00 e. The Balaban J connectivity index is 0.000000389. The molecule has 142 valence electrons. The second kappa shape index (κ2) is 10.9. The van der Waals surface area contributed by atoms with Crippen LogP contribution in [-0.2, 0) is 27.2 Å². The van der Waals surface area contributed by atoms with Gasteiger partial charge in [-0.25, -0.2) is 20.6 Å². The maximum atomic E-state index is 10.7. The van der Waals surface area contributed by atoms with Gasteiger partial charge in [0.2, 0.25) is 0 Å². The van der Waals surface area contributed by atoms with Crippen molar-refractivity contribution in [3.8, 4) is 5.75 Å². The standard InChI is InChI=1S/C11H10O.C5H5.CHF3O3S.Fe/c1-12-11-8-4-6-9-5-2-3-7-10(9)11;1-2-4-5-3-1;2-1(3,4)8(5,6)7;/h2-8H,1H3;1-5H;(H,5,6,7);/q;-1;;+2/p-1. The van der Waals surface area contributed by atoms with E-state index in [1.807, 2.05) is 54.6 Å². The molecule has 0 heterocycles. The summed E-state index contributed by atoms with van der Waals surface area (Å²) in [5.74, 6) is 0.938. The van der Waals surface area contributed by atoms with E-state index in [1.165, 1.54) is 10.8 Å². The predicted octanol–water partition coefficient (Wildman–Crippen LogP) is 4.30. The van der Waals surface area contributed by atoms with Gasteiger partial charge >= 0.3 is 22.6 Å². The van der Waals surface area contributed by atoms with Crippen LogP contribution in [0.1, 0.15) is 0 Å². The normalized spacial score (nSPS) is 10.5. The van der Waals surface area contributed by atoms with Gasteiger partial charge in [-0.05, 0) is 11.5 Å². The first-order chi connectivity index (χ1) is 11.7. The number of hydrogen-bond acceptors (Lipinski definition) is 4. The van der Waals surface area contributed by atoms with Crippen molar-refractivity contribution >= 4 is 20.9 Å². The van der Waals surface area contributed by atoms with Gasteiger partial charge in [0.15, 0.2) is 10.1 Å². The van der Waals surface area contributed by atoms with Crippen LogP contribution in [0.3, 0.4) is 0 Å². The van der Waals surface area contributed by atoms with Crippen LogP contribution in [0.5, 0.6) is 5.75 Å². The summed E-state index contributed by atoms with van der Waals surface area (Å²) in [5, 5.41) is 2.39. The molecule has 4 nitrogen and oxygen atoms in total. The summed E-state index contributed by atoms with van der Waals surface area (Å²) in [5.41, 5.74) is -5.65. The molecular formula is C17H15F3FeO4S. The maximum absolute atomic E-state index is 10.7. The minimum Gasteiger partial charge on any atom is -0.741 e. The number of fused-ring (bicyclic) bond motifs is 1. The SMILES string of the molecule is COc1cccc2ccccc12.O=S(=O)([O-])C(F)(F)F.[Fe+2].c1cc[cH-]c1. The first kappa shape index (κ1) is 24.1. The number of alkyl halides is 3. The van der Waals surface area contributed by atoms with Gasteiger partial charge in [-0.15, -0.1) is 0 Å². The zero-order chi connectivity index (χ0) is 18.9. The minimum atomic E-state index is -6.09. The van der Waals surface area contributed by atoms with Crippen molar-refractivity contribution in [3.05, 3.63) is 72.8 Å². The average Bonchev–Trinajstić information content (AvgIpc) is 3.13. The van der Waals surface area contributed by atoms with E-state index in [1.54, 1.807) is 7.11 Å². The van der Waals surface area contributed by atoms with Crippen LogP contribution in [0, 0.1) is 0 Å². The van der Waals surface area contributed by atoms with E-state index in [4.69, 9.17) is 17.7 Å². The Morgan fingerprint density at radius 3 is 1.88 bits per heavy atom. The van der Waals surface area contributed by atoms with E-state index >= 15 is 0 Å². The molecule has 0 amide bonds. The average molecular weight is 428 g/mol. The molecule has 0 saturated carbocycles. The van der Waals surface area contributed by atoms with Gasteiger partial charge in [-0.3, -0.25) is 0 Å². The molecule has 0 aromatic heterocycles. The van der Waals surface area contributed by atoms with Crippen molar-refractivity contribution in [3.63, 3.8) is 0 Å². The van der Waals surface area contributed by atoms with E-state index in [2.05, 4.69) is 18.2 Å². The fraction of sp³-hybridized carbons (Fsp3) is 0.118. The largest absolute Gasteiger partial charge is 2.00 e. The molecule has 0 atom stereocenters. The number of methoxy groups -OCH3 is 1. The quantitative estimate of drug-likeness (QED) is 0.251. The Kier molecular flexibility index (Phi) is 10.1. The van der Waals surface area contributed by atoms with Crippen molar-refractivity contribution in [1.82, 2.24) is 0 Å². The summed E-state index contributed by atoms with van der Waals surface area (Å²) in [4.78, 5) is 0. The van der Waals surface area contributed by atoms with E-state index in [-0.39, 0.29) is 17.1 Å². The third-order valence-electron chi connectivity index (χ3n) is 2.81. The fourth-order valence-corrected chi connectivity index (χ4v) is 1.69. The molecule has 0 spiro atoms. The fourth-order valence-electron chi connectivity index (χ4n) is 1.69. The van der Waals surface area contributed by atoms with Crippen molar-refractivity contribution in [2.75, 3.05) is 7.11 Å². The molecule has 0 N–H and O–H groups in total. The van der Waals surface area contributed by atoms with E-state index in [0.29, 0.717) is 0 Å². The molecule has 3 aromatic rings. The number of benzene rings is 2. The van der Waals surface area contributed by atoms with E-state index in [0.717, 1.165) is 5.75 Å². The van der Waals surface area contributed by atoms with Crippen LogP contribution >= 0.6 is 0 Å². The van der Waals surface area contributed by atoms with E-state index < -0.39 is 15.6 Å². The molecule has 0 bridgehead atoms. The molecule has 0 saturated heterocycles. The number of hydrogen-bond donors (Lipinski definition) is 0. The van der Waals surface area contributed by atoms with Crippen LogP contribution in [0.15, 0.2) is 72.8 Å². The molecule has 0 fully saturated rings. The van der Waals surface area contributed by atoms with Gasteiger partial charge in [0, 0.05) is 5.39 Å². The summed E-state index contributed by atoms with van der Waals surface area (Å²) >= 11 is 0. The molecule has 9 heteroatoms. The molecule has 0 unspecified atom stereocenters. The first-order valence-electron chi connectivity index (χ1n) is 6.87. The third-order valence-corrected chi connectivity index (χ3v) is 3.38. The van der Waals surface area contributed by atoms with Crippen LogP contribution in [0.2, 0.25) is 0 Å². The molecule has 0 aliphatic carbocycles. The summed E-state index contributed by atoms with van der Waals surface area (Å²) in [6.07, 6.45) is 0. The molecular weight excluding hydrogens is 413 g/mol. The molecule has 0 aliphatic rings. The van der Waals surface area contributed by atoms with Gasteiger partial charge in [0.05, 0.1) is 7.11 Å². The summed E-state index contributed by atoms with van der Waals surface area (Å²) in [6.45, 7) is 0. The van der Waals surface area contributed by atoms with Gasteiger partial charge in [-0.2, -0.15) is 31.4 Å². The van der Waals surface area contributed by atoms with Crippen LogP contribution in [0.4, 0.5) is 13.2 Å². The Hall–Kier alpha value is -1.93. The summed E-state index contributed by atoms with van der Waals surface area (Å²) < 4.78 is 64.1. The Bertz CT molecular complexity index is 841. The Morgan fingerprint density at radius 1 is 0.962 bits per heavy atom. The molecule has 26 heavy (non-hydrogen) atoms.